The van der Waals surface area contributed by atoms with Gasteiger partial charge in [-0.15, -0.1) is 22.7 Å². The van der Waals surface area contributed by atoms with Crippen LogP contribution in [-0.2, 0) is 6.42 Å². The van der Waals surface area contributed by atoms with Crippen molar-refractivity contribution in [1.29, 1.82) is 0 Å². The number of hydrogen-bond acceptors (Lipinski definition) is 2. The van der Waals surface area contributed by atoms with Gasteiger partial charge in [-0.05, 0) is 62.9 Å². The number of hydrogen-bond donors (Lipinski definition) is 0. The third kappa shape index (κ3) is 4.62. The van der Waals surface area contributed by atoms with Gasteiger partial charge in [0.1, 0.15) is 0 Å². The Morgan fingerprint density at radius 3 is 2.16 bits per heavy atom. The molecule has 0 aliphatic rings. The Hall–Kier alpha value is -1.38. The van der Waals surface area contributed by atoms with E-state index in [4.69, 9.17) is 0 Å². The van der Waals surface area contributed by atoms with Crippen LogP contribution in [0, 0.1) is 20.8 Å². The Morgan fingerprint density at radius 2 is 1.44 bits per heavy atom. The first-order chi connectivity index (χ1) is 12.1. The van der Waals surface area contributed by atoms with Gasteiger partial charge in [0.05, 0.1) is 0 Å². The molecule has 2 aromatic heterocycles. The molecule has 0 aliphatic carbocycles. The molecule has 0 fully saturated rings. The van der Waals surface area contributed by atoms with Crippen molar-refractivity contribution in [3.05, 3.63) is 58.0 Å². The molecule has 25 heavy (non-hydrogen) atoms. The Bertz CT molecular complexity index is 815. The third-order valence-electron chi connectivity index (χ3n) is 4.68. The van der Waals surface area contributed by atoms with Crippen molar-refractivity contribution in [3.63, 3.8) is 0 Å². The van der Waals surface area contributed by atoms with E-state index in [9.17, 15) is 0 Å². The van der Waals surface area contributed by atoms with Crippen LogP contribution in [0.4, 0.5) is 0 Å². The van der Waals surface area contributed by atoms with Crippen molar-refractivity contribution in [2.45, 2.75) is 59.8 Å². The van der Waals surface area contributed by atoms with Crippen LogP contribution in [0.3, 0.4) is 0 Å². The zero-order valence-electron chi connectivity index (χ0n) is 15.8. The summed E-state index contributed by atoms with van der Waals surface area (Å²) in [5.74, 6) is 0. The smallest absolute Gasteiger partial charge is 0.0449 e. The van der Waals surface area contributed by atoms with Gasteiger partial charge in [-0.1, -0.05) is 55.5 Å². The van der Waals surface area contributed by atoms with Gasteiger partial charge in [-0.3, -0.25) is 0 Å². The number of benzene rings is 1. The zero-order chi connectivity index (χ0) is 17.8. The van der Waals surface area contributed by atoms with Crippen LogP contribution in [0.25, 0.3) is 20.2 Å². The van der Waals surface area contributed by atoms with Crippen LogP contribution in [-0.4, -0.2) is 0 Å². The number of thiophene rings is 2. The summed E-state index contributed by atoms with van der Waals surface area (Å²) in [5.41, 5.74) is 5.58. The van der Waals surface area contributed by atoms with E-state index in [1.807, 2.05) is 22.7 Å². The van der Waals surface area contributed by atoms with Crippen LogP contribution in [0.5, 0.6) is 0 Å². The first-order valence-electron chi connectivity index (χ1n) is 9.35. The predicted molar refractivity (Wildman–Crippen MR) is 115 cm³/mol. The Labute approximate surface area is 160 Å². The van der Waals surface area contributed by atoms with Crippen LogP contribution < -0.4 is 0 Å². The lowest BCUT2D eigenvalue weighted by Crippen LogP contribution is -1.84. The molecule has 0 nitrogen and oxygen atoms in total. The van der Waals surface area contributed by atoms with Crippen LogP contribution in [0.2, 0.25) is 0 Å². The fourth-order valence-electron chi connectivity index (χ4n) is 3.37. The van der Waals surface area contributed by atoms with Crippen molar-refractivity contribution in [1.82, 2.24) is 0 Å². The zero-order valence-corrected chi connectivity index (χ0v) is 17.4. The van der Waals surface area contributed by atoms with Gasteiger partial charge < -0.3 is 0 Å². The normalized spacial score (nSPS) is 11.2. The van der Waals surface area contributed by atoms with Crippen molar-refractivity contribution in [2.24, 2.45) is 0 Å². The van der Waals surface area contributed by atoms with E-state index in [1.54, 1.807) is 5.56 Å². The molecule has 0 saturated carbocycles. The lowest BCUT2D eigenvalue weighted by Gasteiger charge is -2.02. The van der Waals surface area contributed by atoms with E-state index >= 15 is 0 Å². The van der Waals surface area contributed by atoms with Gasteiger partial charge in [0.2, 0.25) is 0 Å². The van der Waals surface area contributed by atoms with Crippen molar-refractivity contribution in [2.75, 3.05) is 0 Å². The lowest BCUT2D eigenvalue weighted by molar-refractivity contribution is 0.666. The van der Waals surface area contributed by atoms with Gasteiger partial charge in [-0.25, -0.2) is 0 Å². The monoisotopic (exact) mass is 368 g/mol. The molecule has 0 N–H and O–H groups in total. The summed E-state index contributed by atoms with van der Waals surface area (Å²) in [6.45, 7) is 8.91. The van der Waals surface area contributed by atoms with E-state index < -0.39 is 0 Å². The first-order valence-corrected chi connectivity index (χ1v) is 11.0. The van der Waals surface area contributed by atoms with Gasteiger partial charge in [0, 0.05) is 19.5 Å². The summed E-state index contributed by atoms with van der Waals surface area (Å²) in [4.78, 5) is 5.70. The quantitative estimate of drug-likeness (QED) is 0.369. The highest BCUT2D eigenvalue weighted by Gasteiger charge is 2.11. The first kappa shape index (κ1) is 18.4. The fourth-order valence-corrected chi connectivity index (χ4v) is 5.52. The maximum Gasteiger partial charge on any atom is 0.0449 e. The highest BCUT2D eigenvalue weighted by Crippen LogP contribution is 2.39. The molecule has 0 bridgehead atoms. The summed E-state index contributed by atoms with van der Waals surface area (Å²) >= 11 is 3.88. The molecule has 0 amide bonds. The summed E-state index contributed by atoms with van der Waals surface area (Å²) in [6, 6.07) is 13.8. The predicted octanol–water partition coefficient (Wildman–Crippen LogP) is 8.19. The van der Waals surface area contributed by atoms with E-state index in [2.05, 4.69) is 64.1 Å². The molecule has 0 atom stereocenters. The molecule has 1 aromatic carbocycles. The van der Waals surface area contributed by atoms with Crippen LogP contribution in [0.1, 0.15) is 54.2 Å². The molecule has 0 aliphatic heterocycles. The second-order valence-electron chi connectivity index (χ2n) is 7.04. The second kappa shape index (κ2) is 8.33. The van der Waals surface area contributed by atoms with E-state index in [0.29, 0.717) is 0 Å². The number of aryl methyl sites for hydroxylation is 4. The molecule has 0 radical (unpaired) electrons. The topological polar surface area (TPSA) is 0 Å². The van der Waals surface area contributed by atoms with Crippen LogP contribution in [0.15, 0.2) is 36.4 Å². The fraction of sp³-hybridized carbons (Fsp3) is 0.391. The molecule has 3 rings (SSSR count). The molecule has 2 heteroatoms. The minimum Gasteiger partial charge on any atom is -0.139 e. The lowest BCUT2D eigenvalue weighted by atomic mass is 10.1. The SMILES string of the molecule is CCCCCCc1cc(-c2ccc(-c3cc(C)cc(C)c3)s2)sc1C. The minimum absolute atomic E-state index is 1.23. The number of unbranched alkanes of at least 4 members (excludes halogenated alkanes) is 3. The van der Waals surface area contributed by atoms with Crippen molar-refractivity contribution >= 4 is 22.7 Å². The summed E-state index contributed by atoms with van der Waals surface area (Å²) in [7, 11) is 0. The molecule has 3 aromatic rings. The molecule has 132 valence electrons. The average molecular weight is 369 g/mol. The molecular formula is C23H28S2. The maximum absolute atomic E-state index is 2.43. The molecule has 0 saturated heterocycles. The summed E-state index contributed by atoms with van der Waals surface area (Å²) in [5, 5.41) is 0. The molecule has 0 spiro atoms. The third-order valence-corrected chi connectivity index (χ3v) is 7.10. The van der Waals surface area contributed by atoms with E-state index in [0.717, 1.165) is 0 Å². The van der Waals surface area contributed by atoms with Gasteiger partial charge in [0.25, 0.3) is 0 Å². The second-order valence-corrected chi connectivity index (χ2v) is 9.38. The summed E-state index contributed by atoms with van der Waals surface area (Å²) < 4.78 is 0. The highest BCUT2D eigenvalue weighted by molar-refractivity contribution is 7.23. The minimum atomic E-state index is 1.23. The Kier molecular flexibility index (Phi) is 6.14. The Morgan fingerprint density at radius 1 is 0.720 bits per heavy atom. The van der Waals surface area contributed by atoms with Crippen molar-refractivity contribution < 1.29 is 0 Å². The average Bonchev–Trinajstić information content (AvgIpc) is 3.18. The van der Waals surface area contributed by atoms with E-state index in [1.165, 1.54) is 68.3 Å². The maximum atomic E-state index is 2.43. The van der Waals surface area contributed by atoms with Gasteiger partial charge in [-0.2, -0.15) is 0 Å². The van der Waals surface area contributed by atoms with Crippen molar-refractivity contribution in [3.8, 4) is 20.2 Å². The van der Waals surface area contributed by atoms with Gasteiger partial charge in [0.15, 0.2) is 0 Å². The molecule has 2 heterocycles. The highest BCUT2D eigenvalue weighted by atomic mass is 32.1. The summed E-state index contributed by atoms with van der Waals surface area (Å²) in [6.07, 6.45) is 6.59. The van der Waals surface area contributed by atoms with Crippen LogP contribution >= 0.6 is 22.7 Å². The molecule has 0 unspecified atom stereocenters. The standard InChI is InChI=1S/C23H28S2/c1-5-6-7-8-9-19-15-23(24-18(19)4)22-11-10-21(25-22)20-13-16(2)12-17(3)14-20/h10-15H,5-9H2,1-4H3. The molecular weight excluding hydrogens is 340 g/mol. The largest absolute Gasteiger partial charge is 0.139 e. The number of rotatable bonds is 7. The van der Waals surface area contributed by atoms with E-state index in [-0.39, 0.29) is 0 Å². The van der Waals surface area contributed by atoms with Gasteiger partial charge >= 0.3 is 0 Å². The Balaban J connectivity index is 1.78.